The maximum atomic E-state index is 13.0. The third-order valence-corrected chi connectivity index (χ3v) is 10.0. The van der Waals surface area contributed by atoms with Crippen molar-refractivity contribution in [1.82, 2.24) is 0 Å². The number of ketones is 2. The van der Waals surface area contributed by atoms with E-state index in [1.54, 1.807) is 0 Å². The van der Waals surface area contributed by atoms with E-state index in [0.29, 0.717) is 49.4 Å². The van der Waals surface area contributed by atoms with Crippen LogP contribution in [0.4, 0.5) is 0 Å². The largest absolute Gasteiger partial charge is 0.396 e. The normalized spacial score (nSPS) is 35.3. The molecule has 4 aliphatic rings. The molecule has 2 N–H and O–H groups in total. The molecule has 0 saturated heterocycles. The van der Waals surface area contributed by atoms with Crippen LogP contribution in [0.1, 0.15) is 129 Å². The highest BCUT2D eigenvalue weighted by atomic mass is 16.3. The fraction of sp³-hybridized carbons (Fsp3) is 0.867. The second-order valence-electron chi connectivity index (χ2n) is 12.3. The van der Waals surface area contributed by atoms with E-state index >= 15 is 0 Å². The number of hydrogen-bond acceptors (Lipinski definition) is 4. The molecule has 0 unspecified atom stereocenters. The average Bonchev–Trinajstić information content (AvgIpc) is 3.10. The van der Waals surface area contributed by atoms with Gasteiger partial charge in [0.1, 0.15) is 11.6 Å². The van der Waals surface area contributed by atoms with Gasteiger partial charge in [0, 0.05) is 31.3 Å². The lowest BCUT2D eigenvalue weighted by Crippen LogP contribution is -2.50. The van der Waals surface area contributed by atoms with Crippen molar-refractivity contribution in [3.05, 3.63) is 11.1 Å². The van der Waals surface area contributed by atoms with Crippen LogP contribution in [0, 0.1) is 23.2 Å². The number of fused-ring (bicyclic) bond motifs is 4. The Hall–Kier alpha value is -1.00. The SMILES string of the molecule is C[C@]12C[C@H](CCCCCCCCCCCCO)C3=C4CCC(=O)C[C@]4(O)CC[C@H]3[C@@H]1CCC2=O. The van der Waals surface area contributed by atoms with Crippen LogP contribution < -0.4 is 0 Å². The first-order valence-corrected chi connectivity index (χ1v) is 14.5. The molecule has 0 bridgehead atoms. The van der Waals surface area contributed by atoms with Crippen molar-refractivity contribution in [3.63, 3.8) is 0 Å². The van der Waals surface area contributed by atoms with Crippen LogP contribution in [-0.4, -0.2) is 34.0 Å². The van der Waals surface area contributed by atoms with E-state index in [4.69, 9.17) is 5.11 Å². The minimum Gasteiger partial charge on any atom is -0.396 e. The fourth-order valence-corrected chi connectivity index (χ4v) is 8.22. The molecule has 3 saturated carbocycles. The van der Waals surface area contributed by atoms with E-state index in [9.17, 15) is 14.7 Å². The third kappa shape index (κ3) is 5.38. The van der Waals surface area contributed by atoms with Crippen LogP contribution >= 0.6 is 0 Å². The van der Waals surface area contributed by atoms with Gasteiger partial charge in [0.15, 0.2) is 0 Å². The molecule has 34 heavy (non-hydrogen) atoms. The van der Waals surface area contributed by atoms with Gasteiger partial charge in [0.05, 0.1) is 5.60 Å². The maximum absolute atomic E-state index is 13.0. The number of hydrogen-bond donors (Lipinski definition) is 2. The molecule has 192 valence electrons. The van der Waals surface area contributed by atoms with E-state index in [0.717, 1.165) is 51.4 Å². The van der Waals surface area contributed by atoms with Gasteiger partial charge in [-0.3, -0.25) is 9.59 Å². The van der Waals surface area contributed by atoms with Crippen LogP contribution in [0.15, 0.2) is 11.1 Å². The molecule has 4 aliphatic carbocycles. The summed E-state index contributed by atoms with van der Waals surface area (Å²) in [5.74, 6) is 2.00. The number of aliphatic hydroxyl groups excluding tert-OH is 1. The van der Waals surface area contributed by atoms with Crippen molar-refractivity contribution in [2.75, 3.05) is 6.61 Å². The molecule has 0 aliphatic heterocycles. The van der Waals surface area contributed by atoms with Crippen molar-refractivity contribution in [2.45, 2.75) is 135 Å². The summed E-state index contributed by atoms with van der Waals surface area (Å²) < 4.78 is 0. The van der Waals surface area contributed by atoms with Crippen molar-refractivity contribution < 1.29 is 19.8 Å². The Bertz CT molecular complexity index is 770. The highest BCUT2D eigenvalue weighted by Crippen LogP contribution is 2.62. The maximum Gasteiger partial charge on any atom is 0.139 e. The van der Waals surface area contributed by atoms with Gasteiger partial charge in [-0.25, -0.2) is 0 Å². The smallest absolute Gasteiger partial charge is 0.139 e. The zero-order valence-electron chi connectivity index (χ0n) is 21.6. The monoisotopic (exact) mass is 472 g/mol. The van der Waals surface area contributed by atoms with Gasteiger partial charge in [-0.15, -0.1) is 0 Å². The Morgan fingerprint density at radius 2 is 1.50 bits per heavy atom. The summed E-state index contributed by atoms with van der Waals surface area (Å²) in [6.45, 7) is 2.57. The Morgan fingerprint density at radius 1 is 0.853 bits per heavy atom. The summed E-state index contributed by atoms with van der Waals surface area (Å²) in [6.07, 6.45) is 19.5. The molecule has 0 radical (unpaired) electrons. The highest BCUT2D eigenvalue weighted by Gasteiger charge is 2.58. The number of aliphatic hydroxyl groups is 2. The molecule has 0 spiro atoms. The number of carbonyl (C=O) groups is 2. The second kappa shape index (κ2) is 11.4. The third-order valence-electron chi connectivity index (χ3n) is 10.0. The van der Waals surface area contributed by atoms with Gasteiger partial charge in [-0.2, -0.15) is 0 Å². The number of allylic oxidation sites excluding steroid dienone is 1. The standard InChI is InChI=1S/C30H48O4/c1-29-20-22(12-10-8-6-4-2-3-5-7-9-11-19-31)28-24(25(29)15-16-27(29)33)17-18-30(34)21-23(32)13-14-26(28)30/h22,24-25,31,34H,2-21H2,1H3/t22-,24-,25-,29-,30+/m0/s1. The predicted octanol–water partition coefficient (Wildman–Crippen LogP) is 6.47. The first-order valence-electron chi connectivity index (χ1n) is 14.5. The van der Waals surface area contributed by atoms with Crippen LogP contribution in [0.2, 0.25) is 0 Å². The van der Waals surface area contributed by atoms with Gasteiger partial charge >= 0.3 is 0 Å². The van der Waals surface area contributed by atoms with Crippen LogP contribution in [0.5, 0.6) is 0 Å². The fourth-order valence-electron chi connectivity index (χ4n) is 8.22. The zero-order valence-corrected chi connectivity index (χ0v) is 21.6. The summed E-state index contributed by atoms with van der Waals surface area (Å²) in [5.41, 5.74) is 1.65. The topological polar surface area (TPSA) is 74.6 Å². The van der Waals surface area contributed by atoms with Crippen molar-refractivity contribution in [1.29, 1.82) is 0 Å². The van der Waals surface area contributed by atoms with Gasteiger partial charge in [-0.05, 0) is 68.3 Å². The number of unbranched alkanes of at least 4 members (excludes halogenated alkanes) is 9. The quantitative estimate of drug-likeness (QED) is 0.252. The molecular formula is C30H48O4. The van der Waals surface area contributed by atoms with Crippen molar-refractivity contribution >= 4 is 11.6 Å². The molecule has 0 heterocycles. The number of Topliss-reactive ketones (excluding diaryl/α,β-unsaturated/α-hetero) is 2. The van der Waals surface area contributed by atoms with E-state index in [1.165, 1.54) is 62.5 Å². The Kier molecular flexibility index (Phi) is 8.72. The molecule has 5 atom stereocenters. The molecule has 4 heteroatoms. The second-order valence-corrected chi connectivity index (χ2v) is 12.3. The van der Waals surface area contributed by atoms with Gasteiger partial charge in [0.25, 0.3) is 0 Å². The van der Waals surface area contributed by atoms with Gasteiger partial charge in [-0.1, -0.05) is 70.3 Å². The zero-order chi connectivity index (χ0) is 24.2. The molecule has 0 aromatic heterocycles. The first-order chi connectivity index (χ1) is 16.4. The van der Waals surface area contributed by atoms with E-state index in [-0.39, 0.29) is 11.2 Å². The Morgan fingerprint density at radius 3 is 2.18 bits per heavy atom. The molecule has 3 fully saturated rings. The Labute approximate surface area is 207 Å². The van der Waals surface area contributed by atoms with Gasteiger partial charge < -0.3 is 10.2 Å². The van der Waals surface area contributed by atoms with Crippen LogP contribution in [0.3, 0.4) is 0 Å². The van der Waals surface area contributed by atoms with Crippen LogP contribution in [-0.2, 0) is 9.59 Å². The van der Waals surface area contributed by atoms with E-state index < -0.39 is 5.60 Å². The summed E-state index contributed by atoms with van der Waals surface area (Å²) in [4.78, 5) is 25.2. The van der Waals surface area contributed by atoms with Crippen molar-refractivity contribution in [2.24, 2.45) is 23.2 Å². The van der Waals surface area contributed by atoms with Crippen molar-refractivity contribution in [3.8, 4) is 0 Å². The lowest BCUT2D eigenvalue weighted by atomic mass is 9.52. The molecule has 0 amide bonds. The minimum absolute atomic E-state index is 0.171. The van der Waals surface area contributed by atoms with Crippen LogP contribution in [0.25, 0.3) is 0 Å². The lowest BCUT2D eigenvalue weighted by Gasteiger charge is -2.53. The molecule has 4 rings (SSSR count). The predicted molar refractivity (Wildman–Crippen MR) is 135 cm³/mol. The summed E-state index contributed by atoms with van der Waals surface area (Å²) >= 11 is 0. The molecule has 0 aromatic rings. The summed E-state index contributed by atoms with van der Waals surface area (Å²) in [7, 11) is 0. The number of rotatable bonds is 12. The lowest BCUT2D eigenvalue weighted by molar-refractivity contribution is -0.129. The van der Waals surface area contributed by atoms with Gasteiger partial charge in [0.2, 0.25) is 0 Å². The highest BCUT2D eigenvalue weighted by molar-refractivity contribution is 5.87. The Balaban J connectivity index is 1.35. The summed E-state index contributed by atoms with van der Waals surface area (Å²) in [6, 6.07) is 0. The average molecular weight is 473 g/mol. The molecule has 4 nitrogen and oxygen atoms in total. The first kappa shape index (κ1) is 26.1. The molecule has 0 aromatic carbocycles. The van der Waals surface area contributed by atoms with E-state index in [1.807, 2.05) is 0 Å². The summed E-state index contributed by atoms with van der Waals surface area (Å²) in [5, 5.41) is 20.3. The molecular weight excluding hydrogens is 424 g/mol. The number of carbonyl (C=O) groups excluding carboxylic acids is 2. The van der Waals surface area contributed by atoms with E-state index in [2.05, 4.69) is 6.92 Å². The minimum atomic E-state index is -0.896.